The van der Waals surface area contributed by atoms with E-state index in [2.05, 4.69) is 20.3 Å². The van der Waals surface area contributed by atoms with Gasteiger partial charge in [0.1, 0.15) is 0 Å². The van der Waals surface area contributed by atoms with Crippen molar-refractivity contribution in [3.05, 3.63) is 36.1 Å². The Morgan fingerprint density at radius 3 is 2.66 bits per heavy atom. The highest BCUT2D eigenvalue weighted by Gasteiger charge is 2.63. The molecule has 6 nitrogen and oxygen atoms in total. The van der Waals surface area contributed by atoms with Crippen LogP contribution in [0.3, 0.4) is 0 Å². The van der Waals surface area contributed by atoms with Gasteiger partial charge in [-0.2, -0.15) is 13.2 Å². The van der Waals surface area contributed by atoms with Crippen molar-refractivity contribution in [3.63, 3.8) is 0 Å². The van der Waals surface area contributed by atoms with E-state index in [1.54, 1.807) is 17.9 Å². The Labute approximate surface area is 186 Å². The van der Waals surface area contributed by atoms with Gasteiger partial charge in [-0.05, 0) is 50.4 Å². The molecule has 0 spiro atoms. The van der Waals surface area contributed by atoms with Gasteiger partial charge in [-0.3, -0.25) is 15.1 Å². The van der Waals surface area contributed by atoms with Crippen LogP contribution in [0.5, 0.6) is 0 Å². The standard InChI is InChI=1S/C22H22F3N5OS/c23-22(24,25)21(5-6-21)12-30-7-3-14(4-8-30)19(31)29-20-27-10-16-2-1-15(9-17(16)28-20)18-11-26-13-32-18/h1-2,9-11,13-14H,3-8,12H2,(H,27,28,29,31). The number of fused-ring (bicyclic) bond motifs is 1. The number of thiazole rings is 1. The van der Waals surface area contributed by atoms with Crippen molar-refractivity contribution in [2.45, 2.75) is 31.9 Å². The van der Waals surface area contributed by atoms with E-state index in [9.17, 15) is 18.0 Å². The number of alkyl halides is 3. The molecule has 1 amide bonds. The van der Waals surface area contributed by atoms with Crippen molar-refractivity contribution in [3.8, 4) is 10.4 Å². The Morgan fingerprint density at radius 2 is 2.00 bits per heavy atom. The summed E-state index contributed by atoms with van der Waals surface area (Å²) in [7, 11) is 0. The van der Waals surface area contributed by atoms with Crippen molar-refractivity contribution < 1.29 is 18.0 Å². The Morgan fingerprint density at radius 1 is 1.22 bits per heavy atom. The van der Waals surface area contributed by atoms with Crippen LogP contribution in [0, 0.1) is 11.3 Å². The predicted octanol–water partition coefficient (Wildman–Crippen LogP) is 4.75. The molecule has 1 aliphatic heterocycles. The molecule has 3 aromatic rings. The fourth-order valence-electron chi connectivity index (χ4n) is 4.27. The van der Waals surface area contributed by atoms with Crippen LogP contribution in [-0.2, 0) is 4.79 Å². The van der Waals surface area contributed by atoms with Gasteiger partial charge in [-0.25, -0.2) is 9.97 Å². The number of carbonyl (C=O) groups excluding carboxylic acids is 1. The minimum absolute atomic E-state index is 0.0424. The normalized spacial score (nSPS) is 19.2. The molecule has 1 saturated carbocycles. The summed E-state index contributed by atoms with van der Waals surface area (Å²) in [5, 5.41) is 3.65. The second kappa shape index (κ2) is 8.08. The van der Waals surface area contributed by atoms with Crippen molar-refractivity contribution in [1.29, 1.82) is 0 Å². The van der Waals surface area contributed by atoms with Crippen LogP contribution >= 0.6 is 11.3 Å². The molecular weight excluding hydrogens is 439 g/mol. The van der Waals surface area contributed by atoms with Crippen LogP contribution < -0.4 is 5.32 Å². The topological polar surface area (TPSA) is 71.0 Å². The van der Waals surface area contributed by atoms with Crippen LogP contribution in [0.1, 0.15) is 25.7 Å². The van der Waals surface area contributed by atoms with Gasteiger partial charge in [0.2, 0.25) is 11.9 Å². The molecule has 5 rings (SSSR count). The van der Waals surface area contributed by atoms with Crippen molar-refractivity contribution in [2.75, 3.05) is 25.0 Å². The molecule has 1 N–H and O–H groups in total. The summed E-state index contributed by atoms with van der Waals surface area (Å²) < 4.78 is 39.6. The van der Waals surface area contributed by atoms with Crippen LogP contribution in [0.2, 0.25) is 0 Å². The van der Waals surface area contributed by atoms with E-state index < -0.39 is 11.6 Å². The Hall–Kier alpha value is -2.59. The Bertz CT molecular complexity index is 1120. The zero-order valence-electron chi connectivity index (χ0n) is 17.2. The van der Waals surface area contributed by atoms with E-state index >= 15 is 0 Å². The third kappa shape index (κ3) is 4.21. The highest BCUT2D eigenvalue weighted by atomic mass is 32.1. The van der Waals surface area contributed by atoms with Crippen molar-refractivity contribution in [1.82, 2.24) is 19.9 Å². The summed E-state index contributed by atoms with van der Waals surface area (Å²) in [6.07, 6.45) is 0.799. The van der Waals surface area contributed by atoms with Gasteiger partial charge < -0.3 is 4.90 Å². The SMILES string of the molecule is O=C(Nc1ncc2ccc(-c3cncs3)cc2n1)C1CCN(CC2(C(F)(F)F)CC2)CC1. The number of rotatable bonds is 5. The zero-order valence-corrected chi connectivity index (χ0v) is 18.0. The first kappa shape index (κ1) is 21.3. The van der Waals surface area contributed by atoms with Crippen LogP contribution in [-0.4, -0.2) is 51.6 Å². The lowest BCUT2D eigenvalue weighted by Gasteiger charge is -2.34. The molecular formula is C22H22F3N5OS. The van der Waals surface area contributed by atoms with Gasteiger partial charge in [-0.1, -0.05) is 12.1 Å². The van der Waals surface area contributed by atoms with E-state index in [1.807, 2.05) is 23.1 Å². The first-order valence-corrected chi connectivity index (χ1v) is 11.5. The zero-order chi connectivity index (χ0) is 22.3. The second-order valence-corrected chi connectivity index (χ2v) is 9.54. The molecule has 168 valence electrons. The molecule has 1 saturated heterocycles. The molecule has 2 fully saturated rings. The quantitative estimate of drug-likeness (QED) is 0.594. The number of nitrogens with zero attached hydrogens (tertiary/aromatic N) is 4. The number of nitrogens with one attached hydrogen (secondary N) is 1. The molecule has 0 radical (unpaired) electrons. The molecule has 1 aromatic carbocycles. The fraction of sp³-hybridized carbons (Fsp3) is 0.455. The third-order valence-corrected chi connectivity index (χ3v) is 7.30. The molecule has 10 heteroatoms. The predicted molar refractivity (Wildman–Crippen MR) is 116 cm³/mol. The number of hydrogen-bond donors (Lipinski definition) is 1. The first-order chi connectivity index (χ1) is 15.3. The maximum atomic E-state index is 13.2. The number of benzene rings is 1. The lowest BCUT2D eigenvalue weighted by Crippen LogP contribution is -2.44. The number of halogens is 3. The van der Waals surface area contributed by atoms with Crippen molar-refractivity contribution >= 4 is 34.1 Å². The average Bonchev–Trinajstić information content (AvgIpc) is 3.36. The van der Waals surface area contributed by atoms with Crippen LogP contribution in [0.15, 0.2) is 36.1 Å². The van der Waals surface area contributed by atoms with E-state index in [0.29, 0.717) is 25.9 Å². The molecule has 32 heavy (non-hydrogen) atoms. The van der Waals surface area contributed by atoms with E-state index in [1.165, 1.54) is 11.3 Å². The minimum Gasteiger partial charge on any atom is -0.302 e. The summed E-state index contributed by atoms with van der Waals surface area (Å²) in [5.41, 5.74) is 1.96. The second-order valence-electron chi connectivity index (χ2n) is 8.65. The molecule has 0 unspecified atom stereocenters. The van der Waals surface area contributed by atoms with Crippen LogP contribution in [0.4, 0.5) is 19.1 Å². The highest BCUT2D eigenvalue weighted by molar-refractivity contribution is 7.13. The van der Waals surface area contributed by atoms with E-state index in [-0.39, 0.29) is 37.2 Å². The third-order valence-electron chi connectivity index (χ3n) is 6.47. The van der Waals surface area contributed by atoms with E-state index in [4.69, 9.17) is 0 Å². The van der Waals surface area contributed by atoms with Crippen molar-refractivity contribution in [2.24, 2.45) is 11.3 Å². The maximum absolute atomic E-state index is 13.2. The number of hydrogen-bond acceptors (Lipinski definition) is 6. The number of aromatic nitrogens is 3. The van der Waals surface area contributed by atoms with Gasteiger partial charge in [0.15, 0.2) is 0 Å². The minimum atomic E-state index is -4.14. The van der Waals surface area contributed by atoms with Gasteiger partial charge in [0, 0.05) is 30.2 Å². The Balaban J connectivity index is 1.21. The molecule has 0 bridgehead atoms. The summed E-state index contributed by atoms with van der Waals surface area (Å²) >= 11 is 1.54. The molecule has 3 heterocycles. The summed E-state index contributed by atoms with van der Waals surface area (Å²) in [4.78, 5) is 28.4. The lowest BCUT2D eigenvalue weighted by molar-refractivity contribution is -0.192. The first-order valence-electron chi connectivity index (χ1n) is 10.6. The number of anilines is 1. The number of amides is 1. The summed E-state index contributed by atoms with van der Waals surface area (Å²) in [5.74, 6) is -0.199. The number of carbonyl (C=O) groups is 1. The highest BCUT2D eigenvalue weighted by Crippen LogP contribution is 2.58. The summed E-state index contributed by atoms with van der Waals surface area (Å²) in [6.45, 7) is 1.03. The van der Waals surface area contributed by atoms with Gasteiger partial charge in [0.25, 0.3) is 0 Å². The monoisotopic (exact) mass is 461 g/mol. The molecule has 2 aromatic heterocycles. The largest absolute Gasteiger partial charge is 0.395 e. The smallest absolute Gasteiger partial charge is 0.302 e. The molecule has 2 aliphatic rings. The lowest BCUT2D eigenvalue weighted by atomic mass is 9.94. The fourth-order valence-corrected chi connectivity index (χ4v) is 4.89. The number of likely N-dealkylation sites (tertiary alicyclic amines) is 1. The average molecular weight is 462 g/mol. The van der Waals surface area contributed by atoms with Gasteiger partial charge in [-0.15, -0.1) is 11.3 Å². The van der Waals surface area contributed by atoms with Crippen LogP contribution in [0.25, 0.3) is 21.3 Å². The van der Waals surface area contributed by atoms with Gasteiger partial charge >= 0.3 is 6.18 Å². The van der Waals surface area contributed by atoms with Gasteiger partial charge in [0.05, 0.1) is 21.3 Å². The van der Waals surface area contributed by atoms with E-state index in [0.717, 1.165) is 21.3 Å². The molecule has 1 aliphatic carbocycles. The molecule has 0 atom stereocenters. The number of piperidine rings is 1. The summed E-state index contributed by atoms with van der Waals surface area (Å²) in [6, 6.07) is 5.85. The Kier molecular flexibility index (Phi) is 5.37. The maximum Gasteiger partial charge on any atom is 0.395 e.